The van der Waals surface area contributed by atoms with E-state index in [1.54, 1.807) is 12.3 Å². The third kappa shape index (κ3) is 4.63. The maximum Gasteiger partial charge on any atom is 0.270 e. The number of pyridine rings is 1. The molecule has 1 amide bonds. The van der Waals surface area contributed by atoms with Gasteiger partial charge in [0.25, 0.3) is 11.5 Å². The fraction of sp³-hybridized carbons (Fsp3) is 0.471. The lowest BCUT2D eigenvalue weighted by Crippen LogP contribution is -2.32. The molecule has 2 rings (SSSR count). The van der Waals surface area contributed by atoms with E-state index in [-0.39, 0.29) is 11.1 Å². The number of nitrogens with one attached hydrogen (secondary N) is 1. The number of carbonyl (C=O) groups excluding carboxylic acids is 1. The van der Waals surface area contributed by atoms with Crippen molar-refractivity contribution in [1.29, 1.82) is 0 Å². The number of nitrogens with zero attached hydrogens (tertiary/aromatic N) is 2. The van der Waals surface area contributed by atoms with Gasteiger partial charge >= 0.3 is 0 Å². The van der Waals surface area contributed by atoms with Gasteiger partial charge in [-0.25, -0.2) is 4.98 Å². The smallest absolute Gasteiger partial charge is 0.270 e. The van der Waals surface area contributed by atoms with Gasteiger partial charge in [0.15, 0.2) is 0 Å². The highest BCUT2D eigenvalue weighted by Gasteiger charge is 2.12. The Morgan fingerprint density at radius 3 is 2.91 bits per heavy atom. The first-order valence-electron chi connectivity index (χ1n) is 7.83. The largest absolute Gasteiger partial charge is 0.381 e. The molecule has 23 heavy (non-hydrogen) atoms. The molecule has 0 aliphatic heterocycles. The highest BCUT2D eigenvalue weighted by molar-refractivity contribution is 5.93. The van der Waals surface area contributed by atoms with E-state index in [4.69, 9.17) is 4.74 Å². The average molecular weight is 317 g/mol. The molecule has 6 nitrogen and oxygen atoms in total. The number of hydrogen-bond acceptors (Lipinski definition) is 4. The molecule has 2 aromatic heterocycles. The fourth-order valence-corrected chi connectivity index (χ4v) is 2.13. The van der Waals surface area contributed by atoms with Crippen LogP contribution in [0.2, 0.25) is 0 Å². The highest BCUT2D eigenvalue weighted by atomic mass is 16.5. The molecular formula is C17H23N3O3. The van der Waals surface area contributed by atoms with Gasteiger partial charge in [-0.1, -0.05) is 19.9 Å². The first kappa shape index (κ1) is 17.1. The van der Waals surface area contributed by atoms with Crippen molar-refractivity contribution < 1.29 is 9.53 Å². The number of ether oxygens (including phenoxy) is 1. The number of amides is 1. The molecule has 0 atom stereocenters. The number of carbonyl (C=O) groups is 1. The lowest BCUT2D eigenvalue weighted by atomic mass is 10.2. The molecule has 0 aromatic carbocycles. The molecule has 0 saturated heterocycles. The van der Waals surface area contributed by atoms with Crippen molar-refractivity contribution in [3.05, 3.63) is 46.0 Å². The van der Waals surface area contributed by atoms with Gasteiger partial charge in [0, 0.05) is 32.2 Å². The number of fused-ring (bicyclic) bond motifs is 1. The second-order valence-corrected chi connectivity index (χ2v) is 5.99. The van der Waals surface area contributed by atoms with Gasteiger partial charge in [0.2, 0.25) is 0 Å². The van der Waals surface area contributed by atoms with Crippen molar-refractivity contribution >= 4 is 11.6 Å². The molecule has 124 valence electrons. The second kappa shape index (κ2) is 7.87. The number of rotatable bonds is 7. The molecule has 6 heteroatoms. The minimum Gasteiger partial charge on any atom is -0.381 e. The molecule has 1 N–H and O–H groups in total. The van der Waals surface area contributed by atoms with Crippen LogP contribution in [0, 0.1) is 12.8 Å². The summed E-state index contributed by atoms with van der Waals surface area (Å²) in [6.45, 7) is 7.83. The molecule has 0 radical (unpaired) electrons. The van der Waals surface area contributed by atoms with E-state index in [1.165, 1.54) is 10.6 Å². The van der Waals surface area contributed by atoms with Crippen molar-refractivity contribution in [3.8, 4) is 0 Å². The Morgan fingerprint density at radius 2 is 2.17 bits per heavy atom. The SMILES string of the molecule is Cc1ccc2ncc(C(=O)NCCCOCC(C)C)c(=O)n2c1. The zero-order chi connectivity index (χ0) is 16.8. The van der Waals surface area contributed by atoms with Crippen LogP contribution < -0.4 is 10.9 Å². The number of hydrogen-bond donors (Lipinski definition) is 1. The van der Waals surface area contributed by atoms with Crippen molar-refractivity contribution in [1.82, 2.24) is 14.7 Å². The van der Waals surface area contributed by atoms with Gasteiger partial charge < -0.3 is 10.1 Å². The van der Waals surface area contributed by atoms with E-state index in [0.29, 0.717) is 37.7 Å². The van der Waals surface area contributed by atoms with Crippen LogP contribution in [0.1, 0.15) is 36.2 Å². The monoisotopic (exact) mass is 317 g/mol. The first-order chi connectivity index (χ1) is 11.0. The Labute approximate surface area is 135 Å². The van der Waals surface area contributed by atoms with Crippen LogP contribution in [0.25, 0.3) is 5.65 Å². The molecule has 0 aliphatic carbocycles. The lowest BCUT2D eigenvalue weighted by Gasteiger charge is -2.08. The predicted octanol–water partition coefficient (Wildman–Crippen LogP) is 1.80. The molecule has 2 heterocycles. The molecule has 0 fully saturated rings. The molecule has 0 spiro atoms. The lowest BCUT2D eigenvalue weighted by molar-refractivity contribution is 0.0923. The molecule has 0 saturated carbocycles. The zero-order valence-electron chi connectivity index (χ0n) is 13.8. The van der Waals surface area contributed by atoms with Gasteiger partial charge in [-0.2, -0.15) is 0 Å². The summed E-state index contributed by atoms with van der Waals surface area (Å²) in [5, 5.41) is 2.73. The van der Waals surface area contributed by atoms with Crippen LogP contribution >= 0.6 is 0 Å². The minimum atomic E-state index is -0.401. The summed E-state index contributed by atoms with van der Waals surface area (Å²) in [5.41, 5.74) is 1.16. The first-order valence-corrected chi connectivity index (χ1v) is 7.83. The Kier molecular flexibility index (Phi) is 5.87. The maximum atomic E-state index is 12.4. The summed E-state index contributed by atoms with van der Waals surface area (Å²) in [6, 6.07) is 3.63. The van der Waals surface area contributed by atoms with Crippen LogP contribution in [0.4, 0.5) is 0 Å². The fourth-order valence-electron chi connectivity index (χ4n) is 2.13. The molecule has 0 aliphatic rings. The summed E-state index contributed by atoms with van der Waals surface area (Å²) in [7, 11) is 0. The van der Waals surface area contributed by atoms with Crippen LogP contribution in [0.15, 0.2) is 29.3 Å². The Morgan fingerprint density at radius 1 is 1.39 bits per heavy atom. The summed E-state index contributed by atoms with van der Waals surface area (Å²) in [4.78, 5) is 28.7. The third-order valence-corrected chi connectivity index (χ3v) is 3.30. The van der Waals surface area contributed by atoms with E-state index >= 15 is 0 Å². The van der Waals surface area contributed by atoms with E-state index in [9.17, 15) is 9.59 Å². The van der Waals surface area contributed by atoms with Gasteiger partial charge in [-0.05, 0) is 30.9 Å². The summed E-state index contributed by atoms with van der Waals surface area (Å²) >= 11 is 0. The standard InChI is InChI=1S/C17H23N3O3/c1-12(2)11-23-8-4-7-18-16(21)14-9-19-15-6-5-13(3)10-20(15)17(14)22/h5-6,9-10,12H,4,7-8,11H2,1-3H3,(H,18,21). The number of aryl methyl sites for hydroxylation is 1. The maximum absolute atomic E-state index is 12.4. The topological polar surface area (TPSA) is 72.7 Å². The Bertz CT molecular complexity index is 737. The van der Waals surface area contributed by atoms with Crippen LogP contribution in [0.3, 0.4) is 0 Å². The Balaban J connectivity index is 1.96. The van der Waals surface area contributed by atoms with E-state index < -0.39 is 5.91 Å². The van der Waals surface area contributed by atoms with E-state index in [0.717, 1.165) is 5.56 Å². The van der Waals surface area contributed by atoms with E-state index in [2.05, 4.69) is 24.1 Å². The highest BCUT2D eigenvalue weighted by Crippen LogP contribution is 2.01. The van der Waals surface area contributed by atoms with Gasteiger partial charge in [0.1, 0.15) is 11.2 Å². The van der Waals surface area contributed by atoms with Gasteiger partial charge in [-0.3, -0.25) is 14.0 Å². The average Bonchev–Trinajstić information content (AvgIpc) is 2.51. The zero-order valence-corrected chi connectivity index (χ0v) is 13.8. The van der Waals surface area contributed by atoms with Gasteiger partial charge in [-0.15, -0.1) is 0 Å². The summed E-state index contributed by atoms with van der Waals surface area (Å²) in [6.07, 6.45) is 3.72. The van der Waals surface area contributed by atoms with Crippen molar-refractivity contribution in [2.45, 2.75) is 27.2 Å². The molecule has 0 unspecified atom stereocenters. The van der Waals surface area contributed by atoms with Crippen molar-refractivity contribution in [2.75, 3.05) is 19.8 Å². The summed E-state index contributed by atoms with van der Waals surface area (Å²) in [5.74, 6) is 0.0963. The summed E-state index contributed by atoms with van der Waals surface area (Å²) < 4.78 is 6.85. The van der Waals surface area contributed by atoms with Gasteiger partial charge in [0.05, 0.1) is 0 Å². The second-order valence-electron chi connectivity index (χ2n) is 5.99. The van der Waals surface area contributed by atoms with Crippen LogP contribution in [0.5, 0.6) is 0 Å². The minimum absolute atomic E-state index is 0.0520. The molecule has 0 bridgehead atoms. The third-order valence-electron chi connectivity index (χ3n) is 3.30. The predicted molar refractivity (Wildman–Crippen MR) is 88.8 cm³/mol. The number of aromatic nitrogens is 2. The normalized spacial score (nSPS) is 11.1. The Hall–Kier alpha value is -2.21. The van der Waals surface area contributed by atoms with E-state index in [1.807, 2.05) is 13.0 Å². The van der Waals surface area contributed by atoms with Crippen molar-refractivity contribution in [3.63, 3.8) is 0 Å². The van der Waals surface area contributed by atoms with Crippen LogP contribution in [-0.2, 0) is 4.74 Å². The van der Waals surface area contributed by atoms with Crippen molar-refractivity contribution in [2.24, 2.45) is 5.92 Å². The molecular weight excluding hydrogens is 294 g/mol. The van der Waals surface area contributed by atoms with Crippen LogP contribution in [-0.4, -0.2) is 35.1 Å². The molecule has 2 aromatic rings. The quantitative estimate of drug-likeness (QED) is 0.790.